The summed E-state index contributed by atoms with van der Waals surface area (Å²) in [6, 6.07) is 1.68. The second kappa shape index (κ2) is 6.41. The molecular weight excluding hydrogens is 342 g/mol. The van der Waals surface area contributed by atoms with Crippen LogP contribution in [-0.2, 0) is 10.0 Å². The van der Waals surface area contributed by atoms with Gasteiger partial charge in [-0.05, 0) is 48.2 Å². The molecule has 1 fully saturated rings. The van der Waals surface area contributed by atoms with Gasteiger partial charge in [0.05, 0.1) is 0 Å². The summed E-state index contributed by atoms with van der Waals surface area (Å²) in [5.74, 6) is 0.439. The third kappa shape index (κ3) is 3.15. The highest BCUT2D eigenvalue weighted by Crippen LogP contribution is 2.30. The second-order valence-corrected chi connectivity index (χ2v) is 7.81. The number of nitrogens with zero attached hydrogens (tertiary/aromatic N) is 2. The molecule has 0 radical (unpaired) electrons. The quantitative estimate of drug-likeness (QED) is 0.875. The van der Waals surface area contributed by atoms with Crippen LogP contribution in [0.4, 0.5) is 5.82 Å². The van der Waals surface area contributed by atoms with Crippen LogP contribution in [-0.4, -0.2) is 36.8 Å². The molecule has 2 heterocycles. The van der Waals surface area contributed by atoms with E-state index in [0.717, 1.165) is 19.3 Å². The molecule has 1 aromatic heterocycles. The SMILES string of the molecule is CCCNc1ncc(Br)cc1S(=O)(=O)N1CCCC1C. The monoisotopic (exact) mass is 361 g/mol. The molecule has 1 aliphatic heterocycles. The lowest BCUT2D eigenvalue weighted by Gasteiger charge is -2.22. The molecule has 0 amide bonds. The number of rotatable bonds is 5. The van der Waals surface area contributed by atoms with Crippen LogP contribution < -0.4 is 5.32 Å². The second-order valence-electron chi connectivity index (χ2n) is 5.03. The van der Waals surface area contributed by atoms with Crippen LogP contribution >= 0.6 is 15.9 Å². The molecule has 5 nitrogen and oxygen atoms in total. The molecule has 1 unspecified atom stereocenters. The Balaban J connectivity index is 2.41. The molecule has 0 aromatic carbocycles. The number of nitrogens with one attached hydrogen (secondary N) is 1. The Morgan fingerprint density at radius 1 is 1.55 bits per heavy atom. The van der Waals surface area contributed by atoms with E-state index in [4.69, 9.17) is 0 Å². The highest BCUT2D eigenvalue weighted by molar-refractivity contribution is 9.10. The third-order valence-corrected chi connectivity index (χ3v) is 5.90. The standard InChI is InChI=1S/C13H20BrN3O2S/c1-3-6-15-13-12(8-11(14)9-16-13)20(18,19)17-7-4-5-10(17)2/h8-10H,3-7H2,1-2H3,(H,15,16). The van der Waals surface area contributed by atoms with E-state index in [0.29, 0.717) is 23.4 Å². The maximum absolute atomic E-state index is 12.8. The van der Waals surface area contributed by atoms with Crippen molar-refractivity contribution >= 4 is 31.8 Å². The molecule has 2 rings (SSSR count). The van der Waals surface area contributed by atoms with Crippen LogP contribution in [0.5, 0.6) is 0 Å². The van der Waals surface area contributed by atoms with Crippen LogP contribution in [0.1, 0.15) is 33.1 Å². The minimum absolute atomic E-state index is 0.0537. The lowest BCUT2D eigenvalue weighted by molar-refractivity contribution is 0.408. The zero-order valence-corrected chi connectivity index (χ0v) is 14.2. The Kier molecular flexibility index (Phi) is 5.04. The predicted molar refractivity (Wildman–Crippen MR) is 83.3 cm³/mol. The summed E-state index contributed by atoms with van der Waals surface area (Å²) in [6.45, 7) is 5.27. The smallest absolute Gasteiger partial charge is 0.247 e. The summed E-state index contributed by atoms with van der Waals surface area (Å²) in [5, 5.41) is 3.10. The molecule has 1 atom stereocenters. The maximum atomic E-state index is 12.8. The fraction of sp³-hybridized carbons (Fsp3) is 0.615. The van der Waals surface area contributed by atoms with Gasteiger partial charge in [0.1, 0.15) is 10.7 Å². The first-order valence-corrected chi connectivity index (χ1v) is 9.11. The predicted octanol–water partition coefficient (Wildman–Crippen LogP) is 2.84. The van der Waals surface area contributed by atoms with Crippen molar-refractivity contribution in [2.24, 2.45) is 0 Å². The summed E-state index contributed by atoms with van der Waals surface area (Å²) in [5.41, 5.74) is 0. The van der Waals surface area contributed by atoms with Crippen LogP contribution in [0.3, 0.4) is 0 Å². The first-order chi connectivity index (χ1) is 9.46. The highest BCUT2D eigenvalue weighted by atomic mass is 79.9. The van der Waals surface area contributed by atoms with Gasteiger partial charge in [-0.3, -0.25) is 0 Å². The summed E-state index contributed by atoms with van der Waals surface area (Å²) < 4.78 is 27.9. The highest BCUT2D eigenvalue weighted by Gasteiger charge is 2.34. The Morgan fingerprint density at radius 3 is 2.90 bits per heavy atom. The van der Waals surface area contributed by atoms with Gasteiger partial charge in [-0.25, -0.2) is 13.4 Å². The summed E-state index contributed by atoms with van der Waals surface area (Å²) in [7, 11) is -3.49. The molecule has 0 saturated carbocycles. The van der Waals surface area contributed by atoms with Gasteiger partial charge in [0, 0.05) is 29.8 Å². The van der Waals surface area contributed by atoms with Gasteiger partial charge >= 0.3 is 0 Å². The van der Waals surface area contributed by atoms with Crippen molar-refractivity contribution in [3.05, 3.63) is 16.7 Å². The zero-order valence-electron chi connectivity index (χ0n) is 11.8. The van der Waals surface area contributed by atoms with Crippen molar-refractivity contribution in [3.8, 4) is 0 Å². The van der Waals surface area contributed by atoms with Gasteiger partial charge < -0.3 is 5.32 Å². The van der Waals surface area contributed by atoms with Crippen LogP contribution in [0, 0.1) is 0 Å². The Labute approximate surface area is 129 Å². The molecule has 7 heteroatoms. The van der Waals surface area contributed by atoms with E-state index in [2.05, 4.69) is 26.2 Å². The van der Waals surface area contributed by atoms with Gasteiger partial charge in [-0.1, -0.05) is 6.92 Å². The molecule has 112 valence electrons. The molecular formula is C13H20BrN3O2S. The van der Waals surface area contributed by atoms with E-state index >= 15 is 0 Å². The van der Waals surface area contributed by atoms with Gasteiger partial charge in [0.25, 0.3) is 0 Å². The van der Waals surface area contributed by atoms with Gasteiger partial charge in [-0.15, -0.1) is 0 Å². The van der Waals surface area contributed by atoms with Crippen molar-refractivity contribution in [1.29, 1.82) is 0 Å². The fourth-order valence-corrected chi connectivity index (χ4v) is 4.71. The molecule has 1 aliphatic rings. The minimum Gasteiger partial charge on any atom is -0.369 e. The van der Waals surface area contributed by atoms with E-state index in [1.54, 1.807) is 16.6 Å². The Hall–Kier alpha value is -0.660. The van der Waals surface area contributed by atoms with Crippen molar-refractivity contribution in [2.45, 2.75) is 44.0 Å². The Bertz CT molecular complexity index is 577. The number of sulfonamides is 1. The minimum atomic E-state index is -3.49. The van der Waals surface area contributed by atoms with Gasteiger partial charge in [0.2, 0.25) is 10.0 Å². The van der Waals surface area contributed by atoms with E-state index in [1.165, 1.54) is 0 Å². The normalized spacial score (nSPS) is 20.2. The molecule has 1 saturated heterocycles. The maximum Gasteiger partial charge on any atom is 0.247 e. The van der Waals surface area contributed by atoms with Crippen molar-refractivity contribution in [2.75, 3.05) is 18.4 Å². The average Bonchev–Trinajstić information content (AvgIpc) is 2.84. The van der Waals surface area contributed by atoms with E-state index in [9.17, 15) is 8.42 Å². The topological polar surface area (TPSA) is 62.3 Å². The van der Waals surface area contributed by atoms with Gasteiger partial charge in [0.15, 0.2) is 0 Å². The first kappa shape index (κ1) is 15.7. The molecule has 0 aliphatic carbocycles. The third-order valence-electron chi connectivity index (χ3n) is 3.44. The summed E-state index contributed by atoms with van der Waals surface area (Å²) in [4.78, 5) is 4.47. The number of hydrogen-bond donors (Lipinski definition) is 1. The molecule has 1 N–H and O–H groups in total. The summed E-state index contributed by atoms with van der Waals surface area (Å²) in [6.07, 6.45) is 4.36. The lowest BCUT2D eigenvalue weighted by atomic mass is 10.3. The molecule has 20 heavy (non-hydrogen) atoms. The number of halogens is 1. The first-order valence-electron chi connectivity index (χ1n) is 6.88. The average molecular weight is 362 g/mol. The summed E-state index contributed by atoms with van der Waals surface area (Å²) >= 11 is 3.31. The van der Waals surface area contributed by atoms with Crippen LogP contribution in [0.25, 0.3) is 0 Å². The largest absolute Gasteiger partial charge is 0.369 e. The van der Waals surface area contributed by atoms with Gasteiger partial charge in [-0.2, -0.15) is 4.31 Å². The zero-order chi connectivity index (χ0) is 14.8. The van der Waals surface area contributed by atoms with E-state index in [-0.39, 0.29) is 10.9 Å². The molecule has 0 bridgehead atoms. The van der Waals surface area contributed by atoms with Crippen molar-refractivity contribution < 1.29 is 8.42 Å². The van der Waals surface area contributed by atoms with Crippen molar-refractivity contribution in [3.63, 3.8) is 0 Å². The van der Waals surface area contributed by atoms with E-state index in [1.807, 2.05) is 13.8 Å². The fourth-order valence-electron chi connectivity index (χ4n) is 2.38. The number of pyridine rings is 1. The van der Waals surface area contributed by atoms with Crippen molar-refractivity contribution in [1.82, 2.24) is 9.29 Å². The van der Waals surface area contributed by atoms with Crippen LogP contribution in [0.2, 0.25) is 0 Å². The number of aromatic nitrogens is 1. The van der Waals surface area contributed by atoms with Crippen LogP contribution in [0.15, 0.2) is 21.6 Å². The number of hydrogen-bond acceptors (Lipinski definition) is 4. The molecule has 1 aromatic rings. The Morgan fingerprint density at radius 2 is 2.30 bits per heavy atom. The van der Waals surface area contributed by atoms with E-state index < -0.39 is 10.0 Å². The molecule has 0 spiro atoms. The lowest BCUT2D eigenvalue weighted by Crippen LogP contribution is -2.34. The number of anilines is 1.